The summed E-state index contributed by atoms with van der Waals surface area (Å²) in [6, 6.07) is 7.88. The van der Waals surface area contributed by atoms with E-state index < -0.39 is 5.97 Å². The van der Waals surface area contributed by atoms with Gasteiger partial charge in [-0.25, -0.2) is 15.0 Å². The summed E-state index contributed by atoms with van der Waals surface area (Å²) in [6.07, 6.45) is 9.72. The maximum atomic E-state index is 11.4. The van der Waals surface area contributed by atoms with Gasteiger partial charge >= 0.3 is 5.97 Å². The number of thiazole rings is 1. The molecule has 0 saturated carbocycles. The number of pyridine rings is 2. The van der Waals surface area contributed by atoms with Gasteiger partial charge in [-0.2, -0.15) is 0 Å². The number of rotatable bonds is 13. The first kappa shape index (κ1) is 27.7. The highest BCUT2D eigenvalue weighted by atomic mass is 35.5. The minimum atomic E-state index is -0.825. The van der Waals surface area contributed by atoms with Gasteiger partial charge in [-0.05, 0) is 50.2 Å². The van der Waals surface area contributed by atoms with Gasteiger partial charge in [-0.15, -0.1) is 23.7 Å². The molecule has 8 nitrogen and oxygen atoms in total. The maximum Gasteiger partial charge on any atom is 0.303 e. The molecule has 0 aliphatic carbocycles. The number of anilines is 2. The fourth-order valence-corrected chi connectivity index (χ4v) is 5.24. The number of aryl methyl sites for hydroxylation is 1. The molecular weight excluding hydrogens is 498 g/mol. The first-order valence-electron chi connectivity index (χ1n) is 12.2. The highest BCUT2D eigenvalue weighted by Crippen LogP contribution is 2.26. The zero-order valence-electron chi connectivity index (χ0n) is 20.6. The van der Waals surface area contributed by atoms with Crippen LogP contribution in [0.1, 0.15) is 54.3 Å². The van der Waals surface area contributed by atoms with Crippen LogP contribution in [0.2, 0.25) is 0 Å². The van der Waals surface area contributed by atoms with Gasteiger partial charge in [0.1, 0.15) is 5.82 Å². The normalized spacial score (nSPS) is 13.8. The second kappa shape index (κ2) is 14.0. The molecule has 0 amide bonds. The highest BCUT2D eigenvalue weighted by Gasteiger charge is 2.19. The van der Waals surface area contributed by atoms with Crippen LogP contribution in [0.25, 0.3) is 0 Å². The number of nitrogens with zero attached hydrogens (tertiary/aromatic N) is 4. The largest absolute Gasteiger partial charge is 0.481 e. The summed E-state index contributed by atoms with van der Waals surface area (Å²) in [5, 5.41) is 16.0. The van der Waals surface area contributed by atoms with Gasteiger partial charge in [0.2, 0.25) is 5.88 Å². The van der Waals surface area contributed by atoms with Crippen molar-refractivity contribution < 1.29 is 14.6 Å². The molecule has 4 rings (SSSR count). The average Bonchev–Trinajstić information content (AvgIpc) is 3.56. The number of unbranched alkanes of at least 4 members (excludes halogenated alkanes) is 1. The molecule has 36 heavy (non-hydrogen) atoms. The Bertz CT molecular complexity index is 1090. The number of nitrogens with one attached hydrogen (secondary N) is 1. The van der Waals surface area contributed by atoms with Crippen LogP contribution in [0.15, 0.2) is 42.0 Å². The predicted molar refractivity (Wildman–Crippen MR) is 146 cm³/mol. The summed E-state index contributed by atoms with van der Waals surface area (Å²) in [4.78, 5) is 27.3. The van der Waals surface area contributed by atoms with Crippen LogP contribution < -0.4 is 15.0 Å². The molecule has 3 aromatic heterocycles. The topological polar surface area (TPSA) is 100 Å². The zero-order chi connectivity index (χ0) is 24.5. The van der Waals surface area contributed by atoms with E-state index in [2.05, 4.69) is 32.3 Å². The lowest BCUT2D eigenvalue weighted by Gasteiger charge is -2.18. The molecule has 1 unspecified atom stereocenters. The molecule has 3 aromatic rings. The van der Waals surface area contributed by atoms with Crippen molar-refractivity contribution in [1.29, 1.82) is 0 Å². The van der Waals surface area contributed by atoms with E-state index in [1.54, 1.807) is 30.7 Å². The molecule has 1 atom stereocenters. The van der Waals surface area contributed by atoms with Gasteiger partial charge in [-0.1, -0.05) is 6.07 Å². The third-order valence-corrected chi connectivity index (χ3v) is 7.21. The van der Waals surface area contributed by atoms with Crippen molar-refractivity contribution in [3.8, 4) is 5.88 Å². The molecule has 0 bridgehead atoms. The van der Waals surface area contributed by atoms with E-state index in [0.717, 1.165) is 61.0 Å². The van der Waals surface area contributed by atoms with Crippen molar-refractivity contribution in [2.45, 2.75) is 50.9 Å². The Hall–Kier alpha value is -2.91. The molecule has 0 spiro atoms. The molecule has 0 radical (unpaired) electrons. The Kier molecular flexibility index (Phi) is 10.8. The van der Waals surface area contributed by atoms with Gasteiger partial charge < -0.3 is 20.1 Å². The van der Waals surface area contributed by atoms with E-state index >= 15 is 0 Å². The van der Waals surface area contributed by atoms with Crippen LogP contribution in [0.5, 0.6) is 5.88 Å². The SMILES string of the molecule is COc1ccc(C(CC(=O)O)Cc2csc(CCCCNc3cc(N4CCCC4)ccn3)n2)cn1.Cl. The highest BCUT2D eigenvalue weighted by molar-refractivity contribution is 7.09. The summed E-state index contributed by atoms with van der Waals surface area (Å²) >= 11 is 1.65. The van der Waals surface area contributed by atoms with Gasteiger partial charge in [0.25, 0.3) is 0 Å². The van der Waals surface area contributed by atoms with Gasteiger partial charge in [0, 0.05) is 61.1 Å². The monoisotopic (exact) mass is 531 g/mol. The van der Waals surface area contributed by atoms with Crippen LogP contribution in [0.3, 0.4) is 0 Å². The zero-order valence-corrected chi connectivity index (χ0v) is 22.2. The van der Waals surface area contributed by atoms with Crippen molar-refractivity contribution >= 4 is 41.2 Å². The number of hydrogen-bond acceptors (Lipinski definition) is 8. The number of carbonyl (C=O) groups is 1. The van der Waals surface area contributed by atoms with Gasteiger partial charge in [0.05, 0.1) is 24.2 Å². The van der Waals surface area contributed by atoms with Crippen molar-refractivity contribution in [3.63, 3.8) is 0 Å². The smallest absolute Gasteiger partial charge is 0.303 e. The second-order valence-corrected chi connectivity index (χ2v) is 9.79. The number of ether oxygens (including phenoxy) is 1. The first-order valence-corrected chi connectivity index (χ1v) is 13.1. The van der Waals surface area contributed by atoms with E-state index in [-0.39, 0.29) is 24.7 Å². The number of aliphatic carboxylic acids is 1. The summed E-state index contributed by atoms with van der Waals surface area (Å²) in [5.41, 5.74) is 3.08. The Morgan fingerprint density at radius 3 is 2.78 bits per heavy atom. The number of methoxy groups -OCH3 is 1. The number of aromatic nitrogens is 3. The van der Waals surface area contributed by atoms with E-state index in [1.807, 2.05) is 17.6 Å². The maximum absolute atomic E-state index is 11.4. The number of carboxylic acids is 1. The van der Waals surface area contributed by atoms with E-state index in [0.29, 0.717) is 12.3 Å². The summed E-state index contributed by atoms with van der Waals surface area (Å²) in [6.45, 7) is 3.14. The standard InChI is InChI=1S/C26H33N5O3S.ClH/c1-34-24-8-7-19(17-29-24)20(15-26(32)33)14-21-18-35-25(30-21)6-2-3-10-27-23-16-22(9-11-28-23)31-12-4-5-13-31;/h7-9,11,16-18,20H,2-6,10,12-15H2,1H3,(H,27,28)(H,32,33);1H. The van der Waals surface area contributed by atoms with Crippen LogP contribution in [0, 0.1) is 0 Å². The molecule has 2 N–H and O–H groups in total. The van der Waals surface area contributed by atoms with Crippen LogP contribution in [0.4, 0.5) is 11.5 Å². The first-order chi connectivity index (χ1) is 17.1. The molecule has 0 aromatic carbocycles. The Morgan fingerprint density at radius 1 is 1.22 bits per heavy atom. The fraction of sp³-hybridized carbons (Fsp3) is 0.462. The number of hydrogen-bond donors (Lipinski definition) is 2. The predicted octanol–water partition coefficient (Wildman–Crippen LogP) is 5.20. The molecule has 1 aliphatic rings. The van der Waals surface area contributed by atoms with Crippen molar-refractivity contribution in [1.82, 2.24) is 15.0 Å². The van der Waals surface area contributed by atoms with Crippen molar-refractivity contribution in [2.75, 3.05) is 37.0 Å². The lowest BCUT2D eigenvalue weighted by atomic mass is 9.92. The van der Waals surface area contributed by atoms with Gasteiger partial charge in [-0.3, -0.25) is 4.79 Å². The van der Waals surface area contributed by atoms with Crippen molar-refractivity contribution in [3.05, 3.63) is 58.3 Å². The minimum Gasteiger partial charge on any atom is -0.481 e. The van der Waals surface area contributed by atoms with Crippen molar-refractivity contribution in [2.24, 2.45) is 0 Å². The quantitative estimate of drug-likeness (QED) is 0.290. The third-order valence-electron chi connectivity index (χ3n) is 6.25. The Labute approximate surface area is 222 Å². The molecule has 194 valence electrons. The Balaban J connectivity index is 0.00000361. The van der Waals surface area contributed by atoms with Crippen LogP contribution >= 0.6 is 23.7 Å². The summed E-state index contributed by atoms with van der Waals surface area (Å²) in [5.74, 6) is 0.454. The fourth-order valence-electron chi connectivity index (χ4n) is 4.39. The van der Waals surface area contributed by atoms with Crippen LogP contribution in [-0.2, 0) is 17.6 Å². The lowest BCUT2D eigenvalue weighted by molar-refractivity contribution is -0.137. The number of carboxylic acid groups (broad SMARTS) is 1. The molecule has 10 heteroatoms. The summed E-state index contributed by atoms with van der Waals surface area (Å²) in [7, 11) is 1.56. The molecule has 1 saturated heterocycles. The Morgan fingerprint density at radius 2 is 2.06 bits per heavy atom. The molecule has 4 heterocycles. The molecule has 1 aliphatic heterocycles. The van der Waals surface area contributed by atoms with E-state index in [4.69, 9.17) is 9.72 Å². The number of halogens is 1. The van der Waals surface area contributed by atoms with Crippen LogP contribution in [-0.4, -0.2) is 52.8 Å². The third kappa shape index (κ3) is 8.06. The van der Waals surface area contributed by atoms with E-state index in [1.165, 1.54) is 18.5 Å². The molecular formula is C26H34ClN5O3S. The summed E-state index contributed by atoms with van der Waals surface area (Å²) < 4.78 is 5.11. The second-order valence-electron chi connectivity index (χ2n) is 8.84. The van der Waals surface area contributed by atoms with Gasteiger partial charge in [0.15, 0.2) is 0 Å². The average molecular weight is 532 g/mol. The lowest BCUT2D eigenvalue weighted by Crippen LogP contribution is -2.17. The minimum absolute atomic E-state index is 0. The molecule has 1 fully saturated rings. The van der Waals surface area contributed by atoms with E-state index in [9.17, 15) is 9.90 Å².